The molecule has 3 fully saturated rings. The molecule has 3 amide bonds. The molecule has 1 heterocycles. The SMILES string of the molecule is O=C(O)CC(NC(=O)C1N(C(=O)c2cc(F)cc(F)c2)CCN1C(=O)C(c1ccccc1)C1CCCC1)C1CCCCC1. The van der Waals surface area contributed by atoms with Gasteiger partial charge < -0.3 is 20.2 Å². The standard InChI is InChI=1S/C33H39F2N3O5/c34-25-17-24(18-26(35)19-25)32(42)37-15-16-38(33(43)29(23-13-7-8-14-23)22-11-5-2-6-12-22)31(37)30(41)36-27(20-28(39)40)21-9-3-1-4-10-21/h2,5-6,11-12,17-19,21,23,27,29,31H,1,3-4,7-10,13-16,20H2,(H,36,41)(H,39,40). The summed E-state index contributed by atoms with van der Waals surface area (Å²) in [6, 6.07) is 11.2. The van der Waals surface area contributed by atoms with Gasteiger partial charge in [0.25, 0.3) is 11.8 Å². The van der Waals surface area contributed by atoms with E-state index in [0.29, 0.717) is 6.07 Å². The van der Waals surface area contributed by atoms with E-state index in [1.165, 1.54) is 9.80 Å². The van der Waals surface area contributed by atoms with Gasteiger partial charge in [-0.25, -0.2) is 8.78 Å². The zero-order chi connectivity index (χ0) is 30.5. The molecule has 3 atom stereocenters. The van der Waals surface area contributed by atoms with Crippen LogP contribution in [0.15, 0.2) is 48.5 Å². The molecule has 3 aliphatic rings. The number of amides is 3. The summed E-state index contributed by atoms with van der Waals surface area (Å²) >= 11 is 0. The van der Waals surface area contributed by atoms with Crippen molar-refractivity contribution in [1.82, 2.24) is 15.1 Å². The van der Waals surface area contributed by atoms with Crippen LogP contribution in [0.25, 0.3) is 0 Å². The van der Waals surface area contributed by atoms with Crippen molar-refractivity contribution in [2.45, 2.75) is 82.3 Å². The summed E-state index contributed by atoms with van der Waals surface area (Å²) in [5, 5.41) is 12.5. The average Bonchev–Trinajstić information content (AvgIpc) is 3.68. The molecule has 5 rings (SSSR count). The van der Waals surface area contributed by atoms with Gasteiger partial charge in [0.15, 0.2) is 6.17 Å². The van der Waals surface area contributed by atoms with Crippen LogP contribution in [0.3, 0.4) is 0 Å². The fourth-order valence-corrected chi connectivity index (χ4v) is 7.26. The Morgan fingerprint density at radius 3 is 2.02 bits per heavy atom. The van der Waals surface area contributed by atoms with Crippen LogP contribution in [0.5, 0.6) is 0 Å². The maximum atomic E-state index is 14.4. The Labute approximate surface area is 250 Å². The van der Waals surface area contributed by atoms with Gasteiger partial charge in [0, 0.05) is 30.8 Å². The molecular weight excluding hydrogens is 556 g/mol. The topological polar surface area (TPSA) is 107 Å². The Morgan fingerprint density at radius 2 is 1.40 bits per heavy atom. The number of rotatable bonds is 9. The first kappa shape index (κ1) is 30.6. The number of aliphatic carboxylic acids is 1. The third-order valence-electron chi connectivity index (χ3n) is 9.30. The molecule has 2 aromatic rings. The molecule has 1 aliphatic heterocycles. The Morgan fingerprint density at radius 1 is 0.814 bits per heavy atom. The van der Waals surface area contributed by atoms with Gasteiger partial charge in [0.1, 0.15) is 11.6 Å². The van der Waals surface area contributed by atoms with Crippen molar-refractivity contribution < 1.29 is 33.1 Å². The van der Waals surface area contributed by atoms with Crippen molar-refractivity contribution in [3.8, 4) is 0 Å². The van der Waals surface area contributed by atoms with Crippen LogP contribution in [-0.2, 0) is 14.4 Å². The minimum absolute atomic E-state index is 0.0139. The maximum absolute atomic E-state index is 14.4. The van der Waals surface area contributed by atoms with Crippen molar-refractivity contribution in [3.63, 3.8) is 0 Å². The number of carbonyl (C=O) groups excluding carboxylic acids is 3. The van der Waals surface area contributed by atoms with Crippen LogP contribution in [0, 0.1) is 23.5 Å². The van der Waals surface area contributed by atoms with E-state index in [9.17, 15) is 33.1 Å². The molecule has 2 saturated carbocycles. The largest absolute Gasteiger partial charge is 0.481 e. The lowest BCUT2D eigenvalue weighted by Crippen LogP contribution is -2.57. The maximum Gasteiger partial charge on any atom is 0.305 e. The number of hydrogen-bond donors (Lipinski definition) is 2. The summed E-state index contributed by atoms with van der Waals surface area (Å²) in [5.41, 5.74) is 0.566. The first-order valence-electron chi connectivity index (χ1n) is 15.4. The molecule has 1 saturated heterocycles. The van der Waals surface area contributed by atoms with Crippen LogP contribution in [0.1, 0.15) is 86.0 Å². The van der Waals surface area contributed by atoms with E-state index in [1.807, 2.05) is 30.3 Å². The van der Waals surface area contributed by atoms with E-state index in [-0.39, 0.29) is 42.8 Å². The smallest absolute Gasteiger partial charge is 0.305 e. The zero-order valence-electron chi connectivity index (χ0n) is 24.2. The van der Waals surface area contributed by atoms with Crippen molar-refractivity contribution >= 4 is 23.7 Å². The summed E-state index contributed by atoms with van der Waals surface area (Å²) in [6.45, 7) is 0.0452. The molecule has 8 nitrogen and oxygen atoms in total. The van der Waals surface area contributed by atoms with E-state index < -0.39 is 47.5 Å². The van der Waals surface area contributed by atoms with Gasteiger partial charge in [-0.1, -0.05) is 62.4 Å². The van der Waals surface area contributed by atoms with Crippen LogP contribution in [0.2, 0.25) is 0 Å². The molecule has 2 aromatic carbocycles. The van der Waals surface area contributed by atoms with Gasteiger partial charge >= 0.3 is 5.97 Å². The van der Waals surface area contributed by atoms with Crippen LogP contribution >= 0.6 is 0 Å². The number of nitrogens with one attached hydrogen (secondary N) is 1. The molecular formula is C33H39F2N3O5. The highest BCUT2D eigenvalue weighted by molar-refractivity contribution is 6.00. The normalized spacial score (nSPS) is 21.0. The van der Waals surface area contributed by atoms with Crippen molar-refractivity contribution in [2.75, 3.05) is 13.1 Å². The monoisotopic (exact) mass is 595 g/mol. The summed E-state index contributed by atoms with van der Waals surface area (Å²) < 4.78 is 28.2. The minimum atomic E-state index is -1.39. The number of hydrogen-bond acceptors (Lipinski definition) is 4. The predicted octanol–water partition coefficient (Wildman–Crippen LogP) is 5.09. The lowest BCUT2D eigenvalue weighted by Gasteiger charge is -2.36. The quantitative estimate of drug-likeness (QED) is 0.420. The van der Waals surface area contributed by atoms with Crippen LogP contribution in [-0.4, -0.2) is 63.9 Å². The third kappa shape index (κ3) is 7.05. The second-order valence-electron chi connectivity index (χ2n) is 12.1. The number of benzene rings is 2. The van der Waals surface area contributed by atoms with E-state index in [2.05, 4.69) is 5.32 Å². The molecule has 3 unspecified atom stereocenters. The number of carbonyl (C=O) groups is 4. The highest BCUT2D eigenvalue weighted by Crippen LogP contribution is 2.40. The average molecular weight is 596 g/mol. The number of nitrogens with zero attached hydrogens (tertiary/aromatic N) is 2. The molecule has 10 heteroatoms. The lowest BCUT2D eigenvalue weighted by atomic mass is 9.82. The molecule has 0 aromatic heterocycles. The molecule has 0 bridgehead atoms. The molecule has 0 radical (unpaired) electrons. The van der Waals surface area contributed by atoms with Gasteiger partial charge in [-0.2, -0.15) is 0 Å². The Balaban J connectivity index is 1.49. The summed E-state index contributed by atoms with van der Waals surface area (Å²) in [6.07, 6.45) is 6.51. The lowest BCUT2D eigenvalue weighted by molar-refractivity contribution is -0.144. The van der Waals surface area contributed by atoms with Crippen molar-refractivity contribution in [2.24, 2.45) is 11.8 Å². The Bertz CT molecular complexity index is 1310. The van der Waals surface area contributed by atoms with E-state index in [4.69, 9.17) is 0 Å². The van der Waals surface area contributed by atoms with Crippen LogP contribution in [0.4, 0.5) is 8.78 Å². The van der Waals surface area contributed by atoms with Gasteiger partial charge in [-0.05, 0) is 55.2 Å². The van der Waals surface area contributed by atoms with E-state index in [0.717, 1.165) is 75.5 Å². The number of halogens is 2. The second-order valence-corrected chi connectivity index (χ2v) is 12.1. The molecule has 230 valence electrons. The van der Waals surface area contributed by atoms with E-state index >= 15 is 0 Å². The highest BCUT2D eigenvalue weighted by Gasteiger charge is 2.47. The fraction of sp³-hybridized carbons (Fsp3) is 0.515. The third-order valence-corrected chi connectivity index (χ3v) is 9.30. The molecule has 0 spiro atoms. The highest BCUT2D eigenvalue weighted by atomic mass is 19.1. The van der Waals surface area contributed by atoms with Gasteiger partial charge in [0.05, 0.1) is 12.3 Å². The van der Waals surface area contributed by atoms with Crippen molar-refractivity contribution in [1.29, 1.82) is 0 Å². The van der Waals surface area contributed by atoms with E-state index in [1.54, 1.807) is 0 Å². The molecule has 2 aliphatic carbocycles. The summed E-state index contributed by atoms with van der Waals surface area (Å²) in [5.74, 6) is -5.13. The van der Waals surface area contributed by atoms with Gasteiger partial charge in [-0.3, -0.25) is 19.2 Å². The Kier molecular flexibility index (Phi) is 9.72. The summed E-state index contributed by atoms with van der Waals surface area (Å²) in [4.78, 5) is 56.6. The number of carboxylic acids is 1. The number of carboxylic acid groups (broad SMARTS) is 1. The van der Waals surface area contributed by atoms with Crippen molar-refractivity contribution in [3.05, 3.63) is 71.3 Å². The predicted molar refractivity (Wildman–Crippen MR) is 155 cm³/mol. The molecule has 43 heavy (non-hydrogen) atoms. The van der Waals surface area contributed by atoms with Gasteiger partial charge in [-0.15, -0.1) is 0 Å². The fourth-order valence-electron chi connectivity index (χ4n) is 7.26. The van der Waals surface area contributed by atoms with Crippen LogP contribution < -0.4 is 5.32 Å². The Hall–Kier alpha value is -3.82. The molecule has 2 N–H and O–H groups in total. The first-order valence-corrected chi connectivity index (χ1v) is 15.4. The van der Waals surface area contributed by atoms with Gasteiger partial charge in [0.2, 0.25) is 5.91 Å². The second kappa shape index (κ2) is 13.7. The minimum Gasteiger partial charge on any atom is -0.481 e. The first-order chi connectivity index (χ1) is 20.7. The summed E-state index contributed by atoms with van der Waals surface area (Å²) in [7, 11) is 0. The zero-order valence-corrected chi connectivity index (χ0v) is 24.2.